The summed E-state index contributed by atoms with van der Waals surface area (Å²) in [6.45, 7) is 2.33. The Labute approximate surface area is 116 Å². The van der Waals surface area contributed by atoms with Gasteiger partial charge in [0.25, 0.3) is 0 Å². The minimum atomic E-state index is 0.480. The van der Waals surface area contributed by atoms with E-state index < -0.39 is 0 Å². The SMILES string of the molecule is C[C@@H]1Cc2c(c(Br)nn2C)[C@H](c2ccccc2)C1. The maximum absolute atomic E-state index is 4.54. The van der Waals surface area contributed by atoms with Crippen molar-refractivity contribution in [2.24, 2.45) is 13.0 Å². The number of hydrogen-bond donors (Lipinski definition) is 0. The molecule has 1 aromatic carbocycles. The molecule has 2 nitrogen and oxygen atoms in total. The van der Waals surface area contributed by atoms with Crippen molar-refractivity contribution in [3.8, 4) is 0 Å². The number of hydrogen-bond acceptors (Lipinski definition) is 1. The van der Waals surface area contributed by atoms with Crippen LogP contribution in [0.1, 0.15) is 36.1 Å². The molecular weight excluding hydrogens is 288 g/mol. The number of halogens is 1. The van der Waals surface area contributed by atoms with E-state index in [1.54, 1.807) is 0 Å². The molecule has 2 atom stereocenters. The molecule has 0 fully saturated rings. The molecule has 1 aliphatic rings. The molecule has 3 heteroatoms. The highest BCUT2D eigenvalue weighted by molar-refractivity contribution is 9.10. The van der Waals surface area contributed by atoms with Crippen molar-refractivity contribution in [3.63, 3.8) is 0 Å². The summed E-state index contributed by atoms with van der Waals surface area (Å²) in [6, 6.07) is 10.8. The van der Waals surface area contributed by atoms with E-state index in [0.717, 1.165) is 11.0 Å². The van der Waals surface area contributed by atoms with Gasteiger partial charge in [-0.2, -0.15) is 5.10 Å². The summed E-state index contributed by atoms with van der Waals surface area (Å²) in [4.78, 5) is 0. The molecule has 0 spiro atoms. The molecular formula is C15H17BrN2. The van der Waals surface area contributed by atoms with Crippen molar-refractivity contribution in [1.29, 1.82) is 0 Å². The zero-order valence-electron chi connectivity index (χ0n) is 10.7. The Hall–Kier alpha value is -1.09. The molecule has 1 aliphatic carbocycles. The molecule has 94 valence electrons. The molecule has 2 aromatic rings. The van der Waals surface area contributed by atoms with Crippen LogP contribution in [0.3, 0.4) is 0 Å². The van der Waals surface area contributed by atoms with E-state index in [1.807, 2.05) is 11.7 Å². The molecule has 1 aromatic heterocycles. The Morgan fingerprint density at radius 3 is 2.72 bits per heavy atom. The molecule has 18 heavy (non-hydrogen) atoms. The first kappa shape index (κ1) is 12.0. The minimum Gasteiger partial charge on any atom is -0.271 e. The second-order valence-corrected chi connectivity index (χ2v) is 6.03. The van der Waals surface area contributed by atoms with Gasteiger partial charge in [0.2, 0.25) is 0 Å². The van der Waals surface area contributed by atoms with Crippen molar-refractivity contribution >= 4 is 15.9 Å². The van der Waals surface area contributed by atoms with E-state index in [-0.39, 0.29) is 0 Å². The second kappa shape index (κ2) is 4.54. The summed E-state index contributed by atoms with van der Waals surface area (Å²) in [5, 5.41) is 4.54. The van der Waals surface area contributed by atoms with Gasteiger partial charge in [0.05, 0.1) is 0 Å². The fraction of sp³-hybridized carbons (Fsp3) is 0.400. The zero-order valence-corrected chi connectivity index (χ0v) is 12.3. The monoisotopic (exact) mass is 304 g/mol. The lowest BCUT2D eigenvalue weighted by Crippen LogP contribution is -2.18. The molecule has 0 saturated carbocycles. The van der Waals surface area contributed by atoms with Crippen LogP contribution in [0.4, 0.5) is 0 Å². The molecule has 0 saturated heterocycles. The number of nitrogens with zero attached hydrogens (tertiary/aromatic N) is 2. The van der Waals surface area contributed by atoms with Crippen LogP contribution < -0.4 is 0 Å². The van der Waals surface area contributed by atoms with E-state index in [4.69, 9.17) is 0 Å². The fourth-order valence-electron chi connectivity index (χ4n) is 3.05. The van der Waals surface area contributed by atoms with Crippen molar-refractivity contribution in [1.82, 2.24) is 9.78 Å². The molecule has 1 heterocycles. The highest BCUT2D eigenvalue weighted by Crippen LogP contribution is 2.42. The third-order valence-corrected chi connectivity index (χ3v) is 4.48. The van der Waals surface area contributed by atoms with E-state index in [0.29, 0.717) is 11.8 Å². The Morgan fingerprint density at radius 2 is 2.00 bits per heavy atom. The predicted octanol–water partition coefficient (Wildman–Crippen LogP) is 3.90. The lowest BCUT2D eigenvalue weighted by molar-refractivity contribution is 0.448. The Morgan fingerprint density at radius 1 is 1.28 bits per heavy atom. The summed E-state index contributed by atoms with van der Waals surface area (Å²) in [5.41, 5.74) is 4.18. The normalized spacial score (nSPS) is 22.8. The first-order chi connectivity index (χ1) is 8.66. The minimum absolute atomic E-state index is 0.480. The van der Waals surface area contributed by atoms with Crippen LogP contribution in [0.2, 0.25) is 0 Å². The summed E-state index contributed by atoms with van der Waals surface area (Å²) in [7, 11) is 2.05. The average molecular weight is 305 g/mol. The summed E-state index contributed by atoms with van der Waals surface area (Å²) >= 11 is 3.63. The maximum Gasteiger partial charge on any atom is 0.132 e. The van der Waals surface area contributed by atoms with Gasteiger partial charge in [-0.05, 0) is 40.3 Å². The molecule has 0 aliphatic heterocycles. The van der Waals surface area contributed by atoms with Crippen molar-refractivity contribution in [2.75, 3.05) is 0 Å². The van der Waals surface area contributed by atoms with E-state index >= 15 is 0 Å². The Kier molecular flexibility index (Phi) is 3.02. The lowest BCUT2D eigenvalue weighted by Gasteiger charge is -2.28. The average Bonchev–Trinajstić information content (AvgIpc) is 2.65. The van der Waals surface area contributed by atoms with Crippen LogP contribution in [0.15, 0.2) is 34.9 Å². The molecule has 0 unspecified atom stereocenters. The zero-order chi connectivity index (χ0) is 12.7. The first-order valence-corrected chi connectivity index (χ1v) is 7.22. The van der Waals surface area contributed by atoms with Gasteiger partial charge in [0, 0.05) is 24.2 Å². The lowest BCUT2D eigenvalue weighted by atomic mass is 9.77. The van der Waals surface area contributed by atoms with Gasteiger partial charge in [-0.3, -0.25) is 4.68 Å². The molecule has 0 amide bonds. The summed E-state index contributed by atoms with van der Waals surface area (Å²) in [6.07, 6.45) is 2.34. The Bertz CT molecular complexity index is 559. The topological polar surface area (TPSA) is 17.8 Å². The maximum atomic E-state index is 4.54. The van der Waals surface area contributed by atoms with Crippen LogP contribution >= 0.6 is 15.9 Å². The smallest absolute Gasteiger partial charge is 0.132 e. The third kappa shape index (κ3) is 1.91. The van der Waals surface area contributed by atoms with Gasteiger partial charge >= 0.3 is 0 Å². The predicted molar refractivity (Wildman–Crippen MR) is 76.7 cm³/mol. The van der Waals surface area contributed by atoms with Gasteiger partial charge in [0.15, 0.2) is 0 Å². The number of benzene rings is 1. The van der Waals surface area contributed by atoms with Gasteiger partial charge < -0.3 is 0 Å². The molecule has 3 rings (SSSR count). The van der Waals surface area contributed by atoms with E-state index in [1.165, 1.54) is 23.2 Å². The molecule has 0 bridgehead atoms. The third-order valence-electron chi connectivity index (χ3n) is 3.89. The Balaban J connectivity index is 2.13. The second-order valence-electron chi connectivity index (χ2n) is 5.28. The van der Waals surface area contributed by atoms with Crippen molar-refractivity contribution in [3.05, 3.63) is 51.8 Å². The van der Waals surface area contributed by atoms with Crippen LogP contribution in [-0.4, -0.2) is 9.78 Å². The van der Waals surface area contributed by atoms with Crippen molar-refractivity contribution in [2.45, 2.75) is 25.7 Å². The largest absolute Gasteiger partial charge is 0.271 e. The molecule has 0 radical (unpaired) electrons. The van der Waals surface area contributed by atoms with Crippen LogP contribution in [-0.2, 0) is 13.5 Å². The van der Waals surface area contributed by atoms with Crippen LogP contribution in [0.25, 0.3) is 0 Å². The van der Waals surface area contributed by atoms with Crippen LogP contribution in [0.5, 0.6) is 0 Å². The van der Waals surface area contributed by atoms with Gasteiger partial charge in [0.1, 0.15) is 4.60 Å². The highest BCUT2D eigenvalue weighted by atomic mass is 79.9. The van der Waals surface area contributed by atoms with Gasteiger partial charge in [-0.15, -0.1) is 0 Å². The fourth-order valence-corrected chi connectivity index (χ4v) is 3.79. The van der Waals surface area contributed by atoms with Crippen molar-refractivity contribution < 1.29 is 0 Å². The quantitative estimate of drug-likeness (QED) is 0.781. The van der Waals surface area contributed by atoms with Gasteiger partial charge in [-0.1, -0.05) is 37.3 Å². The highest BCUT2D eigenvalue weighted by Gasteiger charge is 2.31. The molecule has 0 N–H and O–H groups in total. The summed E-state index contributed by atoms with van der Waals surface area (Å²) < 4.78 is 3.05. The number of rotatable bonds is 1. The first-order valence-electron chi connectivity index (χ1n) is 6.43. The standard InChI is InChI=1S/C15H17BrN2/c1-10-8-12(11-6-4-3-5-7-11)14-13(9-10)18(2)17-15(14)16/h3-7,10,12H,8-9H2,1-2H3/t10-,12-/m0/s1. The van der Waals surface area contributed by atoms with E-state index in [9.17, 15) is 0 Å². The van der Waals surface area contributed by atoms with Gasteiger partial charge in [-0.25, -0.2) is 0 Å². The number of fused-ring (bicyclic) bond motifs is 1. The van der Waals surface area contributed by atoms with Crippen LogP contribution in [0, 0.1) is 5.92 Å². The number of aryl methyl sites for hydroxylation is 1. The number of aromatic nitrogens is 2. The summed E-state index contributed by atoms with van der Waals surface area (Å²) in [5.74, 6) is 1.19. The van der Waals surface area contributed by atoms with E-state index in [2.05, 4.69) is 58.3 Å².